The molecule has 5 heterocycles. The first-order chi connectivity index (χ1) is 21.9. The molecule has 230 valence electrons. The summed E-state index contributed by atoms with van der Waals surface area (Å²) in [6.07, 6.45) is 8.12. The number of nitrogens with one attached hydrogen (secondary N) is 1. The first kappa shape index (κ1) is 28.5. The fourth-order valence-electron chi connectivity index (χ4n) is 6.26. The van der Waals surface area contributed by atoms with Crippen LogP contribution in [0.4, 0.5) is 4.39 Å². The Kier molecular flexibility index (Phi) is 7.40. The van der Waals surface area contributed by atoms with Gasteiger partial charge in [-0.3, -0.25) is 19.0 Å². The van der Waals surface area contributed by atoms with E-state index in [4.69, 9.17) is 4.74 Å². The number of carbonyl (C=O) groups is 2. The number of aromatic amines is 1. The SMILES string of the molecule is CCn1cc2c(n1)CN(C(=O)c1cc3c(-c4ccccc4OC)cc(C4=CCCN(C(=O)CCn5ccnn5)C4)c(F)c3[nH]1)C2. The molecule has 0 bridgehead atoms. The summed E-state index contributed by atoms with van der Waals surface area (Å²) in [6.45, 7) is 4.89. The molecule has 0 spiro atoms. The van der Waals surface area contributed by atoms with Crippen molar-refractivity contribution in [2.45, 2.75) is 45.9 Å². The quantitative estimate of drug-likeness (QED) is 0.274. The number of fused-ring (bicyclic) bond motifs is 2. The Labute approximate surface area is 258 Å². The van der Waals surface area contributed by atoms with E-state index in [1.165, 1.54) is 0 Å². The molecule has 3 aromatic heterocycles. The molecule has 2 aliphatic heterocycles. The maximum absolute atomic E-state index is 16.5. The Morgan fingerprint density at radius 3 is 2.69 bits per heavy atom. The summed E-state index contributed by atoms with van der Waals surface area (Å²) >= 11 is 0. The Hall–Kier alpha value is -5.26. The van der Waals surface area contributed by atoms with Gasteiger partial charge in [0.1, 0.15) is 11.4 Å². The fraction of sp³-hybridized carbons (Fsp3) is 0.303. The van der Waals surface area contributed by atoms with Crippen LogP contribution >= 0.6 is 0 Å². The Bertz CT molecular complexity index is 1920. The molecular weight excluding hydrogens is 575 g/mol. The number of methoxy groups -OCH3 is 1. The summed E-state index contributed by atoms with van der Waals surface area (Å²) < 4.78 is 25.7. The van der Waals surface area contributed by atoms with Gasteiger partial charge in [-0.1, -0.05) is 29.5 Å². The second kappa shape index (κ2) is 11.7. The summed E-state index contributed by atoms with van der Waals surface area (Å²) in [5.41, 5.74) is 5.04. The standard InChI is InChI=1S/C33H33FN8O3/c1-3-41-19-22-18-40(20-28(22)37-41)33(44)27-16-26-25(23-8-4-5-9-29(23)45-2)15-24(31(34)32(26)36-27)21-7-6-12-39(17-21)30(43)10-13-42-14-11-35-38-42/h4-5,7-9,11,14-16,19,36H,3,6,10,12-13,17-18,20H2,1-2H3. The van der Waals surface area contributed by atoms with Crippen LogP contribution in [0.5, 0.6) is 5.75 Å². The van der Waals surface area contributed by atoms with Crippen LogP contribution in [0.1, 0.15) is 47.1 Å². The van der Waals surface area contributed by atoms with Gasteiger partial charge in [0.25, 0.3) is 5.91 Å². The molecular formula is C33H33FN8O3. The van der Waals surface area contributed by atoms with E-state index in [-0.39, 0.29) is 30.3 Å². The maximum atomic E-state index is 16.5. The molecule has 0 radical (unpaired) electrons. The zero-order valence-corrected chi connectivity index (χ0v) is 25.2. The van der Waals surface area contributed by atoms with E-state index in [2.05, 4.69) is 20.4 Å². The Morgan fingerprint density at radius 2 is 1.91 bits per heavy atom. The van der Waals surface area contributed by atoms with Crippen molar-refractivity contribution in [2.24, 2.45) is 0 Å². The number of nitrogens with zero attached hydrogens (tertiary/aromatic N) is 7. The number of aryl methyl sites for hydroxylation is 2. The number of hydrogen-bond acceptors (Lipinski definition) is 6. The lowest BCUT2D eigenvalue weighted by molar-refractivity contribution is -0.131. The largest absolute Gasteiger partial charge is 0.496 e. The van der Waals surface area contributed by atoms with Gasteiger partial charge in [-0.25, -0.2) is 4.39 Å². The van der Waals surface area contributed by atoms with E-state index in [9.17, 15) is 9.59 Å². The number of rotatable bonds is 8. The second-order valence-corrected chi connectivity index (χ2v) is 11.3. The molecule has 0 fully saturated rings. The van der Waals surface area contributed by atoms with Gasteiger partial charge in [-0.05, 0) is 42.7 Å². The molecule has 45 heavy (non-hydrogen) atoms. The molecule has 0 unspecified atom stereocenters. The number of halogens is 1. The van der Waals surface area contributed by atoms with Crippen molar-refractivity contribution in [2.75, 3.05) is 20.2 Å². The predicted molar refractivity (Wildman–Crippen MR) is 166 cm³/mol. The van der Waals surface area contributed by atoms with Crippen LogP contribution in [0.3, 0.4) is 0 Å². The third-order valence-electron chi connectivity index (χ3n) is 8.59. The number of amides is 2. The minimum Gasteiger partial charge on any atom is -0.496 e. The van der Waals surface area contributed by atoms with Crippen LogP contribution in [-0.2, 0) is 31.0 Å². The maximum Gasteiger partial charge on any atom is 0.270 e. The summed E-state index contributed by atoms with van der Waals surface area (Å²) in [7, 11) is 1.60. The molecule has 5 aromatic rings. The average Bonchev–Trinajstić information content (AvgIpc) is 3.88. The monoisotopic (exact) mass is 608 g/mol. The molecule has 0 atom stereocenters. The van der Waals surface area contributed by atoms with E-state index >= 15 is 4.39 Å². The molecule has 2 aromatic carbocycles. The number of para-hydroxylation sites is 1. The van der Waals surface area contributed by atoms with Gasteiger partial charge in [0, 0.05) is 67.1 Å². The third-order valence-corrected chi connectivity index (χ3v) is 8.59. The van der Waals surface area contributed by atoms with Gasteiger partial charge in [-0.2, -0.15) is 5.10 Å². The lowest BCUT2D eigenvalue weighted by atomic mass is 9.93. The molecule has 2 aliphatic rings. The highest BCUT2D eigenvalue weighted by molar-refractivity contribution is 6.05. The van der Waals surface area contributed by atoms with E-state index in [1.54, 1.807) is 40.1 Å². The summed E-state index contributed by atoms with van der Waals surface area (Å²) in [6, 6.07) is 11.1. The molecule has 0 saturated carbocycles. The van der Waals surface area contributed by atoms with Gasteiger partial charge < -0.3 is 19.5 Å². The lowest BCUT2D eigenvalue weighted by Crippen LogP contribution is -2.36. The number of H-pyrrole nitrogens is 1. The Balaban J connectivity index is 1.24. The summed E-state index contributed by atoms with van der Waals surface area (Å²) in [5.74, 6) is -0.0896. The van der Waals surface area contributed by atoms with Crippen molar-refractivity contribution >= 4 is 28.3 Å². The van der Waals surface area contributed by atoms with E-state index < -0.39 is 5.82 Å². The smallest absolute Gasteiger partial charge is 0.270 e. The van der Waals surface area contributed by atoms with Crippen molar-refractivity contribution < 1.29 is 18.7 Å². The molecule has 11 nitrogen and oxygen atoms in total. The van der Waals surface area contributed by atoms with Crippen LogP contribution in [0.2, 0.25) is 0 Å². The van der Waals surface area contributed by atoms with Gasteiger partial charge in [0.05, 0.1) is 37.6 Å². The topological polar surface area (TPSA) is 114 Å². The molecule has 0 saturated heterocycles. The highest BCUT2D eigenvalue weighted by Crippen LogP contribution is 2.40. The molecule has 7 rings (SSSR count). The van der Waals surface area contributed by atoms with Crippen LogP contribution in [0.15, 0.2) is 61.1 Å². The van der Waals surface area contributed by atoms with Gasteiger partial charge in [0.15, 0.2) is 5.82 Å². The third kappa shape index (κ3) is 5.26. The summed E-state index contributed by atoms with van der Waals surface area (Å²) in [4.78, 5) is 33.4. The van der Waals surface area contributed by atoms with Crippen LogP contribution in [-0.4, -0.2) is 71.6 Å². The van der Waals surface area contributed by atoms with Crippen molar-refractivity contribution in [3.05, 3.63) is 89.4 Å². The predicted octanol–water partition coefficient (Wildman–Crippen LogP) is 4.65. The van der Waals surface area contributed by atoms with Crippen molar-refractivity contribution in [1.29, 1.82) is 0 Å². The van der Waals surface area contributed by atoms with E-state index in [0.29, 0.717) is 60.6 Å². The summed E-state index contributed by atoms with van der Waals surface area (Å²) in [5, 5.41) is 12.9. The normalized spacial score (nSPS) is 14.6. The number of ether oxygens (including phenoxy) is 1. The van der Waals surface area contributed by atoms with Gasteiger partial charge >= 0.3 is 0 Å². The fourth-order valence-corrected chi connectivity index (χ4v) is 6.26. The molecule has 0 aliphatic carbocycles. The first-order valence-electron chi connectivity index (χ1n) is 15.1. The second-order valence-electron chi connectivity index (χ2n) is 11.3. The van der Waals surface area contributed by atoms with Crippen LogP contribution < -0.4 is 4.74 Å². The Morgan fingerprint density at radius 1 is 1.04 bits per heavy atom. The molecule has 12 heteroatoms. The highest BCUT2D eigenvalue weighted by atomic mass is 19.1. The lowest BCUT2D eigenvalue weighted by Gasteiger charge is -2.28. The number of carbonyl (C=O) groups excluding carboxylic acids is 2. The molecule has 2 amide bonds. The number of aromatic nitrogens is 6. The van der Waals surface area contributed by atoms with Gasteiger partial charge in [-0.15, -0.1) is 5.10 Å². The minimum atomic E-state index is -0.463. The van der Waals surface area contributed by atoms with E-state index in [1.807, 2.05) is 54.2 Å². The zero-order chi connectivity index (χ0) is 31.1. The van der Waals surface area contributed by atoms with Crippen molar-refractivity contribution in [3.8, 4) is 16.9 Å². The van der Waals surface area contributed by atoms with Crippen LogP contribution in [0, 0.1) is 5.82 Å². The van der Waals surface area contributed by atoms with Crippen LogP contribution in [0.25, 0.3) is 27.6 Å². The first-order valence-corrected chi connectivity index (χ1v) is 15.1. The molecule has 1 N–H and O–H groups in total. The minimum absolute atomic E-state index is 0.0348. The van der Waals surface area contributed by atoms with E-state index in [0.717, 1.165) is 28.9 Å². The highest BCUT2D eigenvalue weighted by Gasteiger charge is 2.30. The van der Waals surface area contributed by atoms with Gasteiger partial charge in [0.2, 0.25) is 5.91 Å². The average molecular weight is 609 g/mol. The number of hydrogen-bond donors (Lipinski definition) is 1. The van der Waals surface area contributed by atoms with Crippen molar-refractivity contribution in [3.63, 3.8) is 0 Å². The van der Waals surface area contributed by atoms with Crippen molar-refractivity contribution in [1.82, 2.24) is 39.6 Å². The number of benzene rings is 2. The zero-order valence-electron chi connectivity index (χ0n) is 25.2.